The average molecular weight is 704 g/mol. The molecule has 3 fully saturated rings. The Kier molecular flexibility index (Phi) is 11.2. The monoisotopic (exact) mass is 703 g/mol. The molecule has 3 aromatic rings. The summed E-state index contributed by atoms with van der Waals surface area (Å²) in [5.41, 5.74) is 1.20. The Bertz CT molecular complexity index is 1720. The van der Waals surface area contributed by atoms with Gasteiger partial charge in [-0.2, -0.15) is 10.2 Å². The number of carbonyl (C=O) groups excluding carboxylic acids is 4. The van der Waals surface area contributed by atoms with E-state index in [1.807, 2.05) is 20.9 Å². The van der Waals surface area contributed by atoms with E-state index in [9.17, 15) is 19.2 Å². The molecule has 6 rings (SSSR count). The van der Waals surface area contributed by atoms with E-state index in [0.717, 1.165) is 38.5 Å². The molecule has 14 heteroatoms. The van der Waals surface area contributed by atoms with Crippen LogP contribution in [0, 0.1) is 17.7 Å². The minimum atomic E-state index is -0.934. The van der Waals surface area contributed by atoms with Crippen molar-refractivity contribution in [2.24, 2.45) is 11.8 Å². The maximum absolute atomic E-state index is 15.8. The Balaban J connectivity index is 1.18. The number of piperazine rings is 1. The lowest BCUT2D eigenvalue weighted by Gasteiger charge is -2.35. The highest BCUT2D eigenvalue weighted by Gasteiger charge is 2.35. The summed E-state index contributed by atoms with van der Waals surface area (Å²) in [6.45, 7) is 8.51. The summed E-state index contributed by atoms with van der Waals surface area (Å²) in [5, 5.41) is 17.1. The van der Waals surface area contributed by atoms with Gasteiger partial charge in [-0.3, -0.25) is 28.5 Å². The van der Waals surface area contributed by atoms with Crippen LogP contribution in [0.5, 0.6) is 0 Å². The Morgan fingerprint density at radius 2 is 1.53 bits per heavy atom. The minimum Gasteiger partial charge on any atom is -0.339 e. The Morgan fingerprint density at radius 1 is 0.863 bits per heavy atom. The number of benzene rings is 1. The molecule has 0 radical (unpaired) electrons. The van der Waals surface area contributed by atoms with E-state index in [4.69, 9.17) is 0 Å². The van der Waals surface area contributed by atoms with Crippen molar-refractivity contribution in [3.05, 3.63) is 65.5 Å². The van der Waals surface area contributed by atoms with Crippen LogP contribution in [0.25, 0.3) is 0 Å². The molecule has 3 aliphatic rings. The normalized spacial score (nSPS) is 20.9. The number of carbonyl (C=O) groups is 4. The van der Waals surface area contributed by atoms with E-state index in [2.05, 4.69) is 38.0 Å². The van der Waals surface area contributed by atoms with Crippen LogP contribution < -0.4 is 16.0 Å². The van der Waals surface area contributed by atoms with E-state index in [1.165, 1.54) is 12.1 Å². The molecule has 3 heterocycles. The first kappa shape index (κ1) is 36.2. The van der Waals surface area contributed by atoms with Gasteiger partial charge >= 0.3 is 0 Å². The van der Waals surface area contributed by atoms with Gasteiger partial charge in [-0.1, -0.05) is 25.8 Å². The second-order valence-electron chi connectivity index (χ2n) is 14.8. The van der Waals surface area contributed by atoms with Crippen molar-refractivity contribution < 1.29 is 23.6 Å². The molecule has 2 aliphatic carbocycles. The quantitative estimate of drug-likeness (QED) is 0.260. The number of anilines is 1. The summed E-state index contributed by atoms with van der Waals surface area (Å²) in [7, 11) is 2.00. The first-order valence-corrected chi connectivity index (χ1v) is 18.2. The number of nitrogens with zero attached hydrogens (tertiary/aromatic N) is 6. The molecule has 51 heavy (non-hydrogen) atoms. The standard InChI is InChI=1S/C37H50FN9O4/c1-23(2)46-31(13-15-39-46)35(49)43-33(26-8-5-24(3)6-9-26)36(50)41-29-12-7-25(21-28(29)38)22-30(37(51)45-19-17-44(4)18-20-45)42-34(48)32-14-16-40-47(32)27-10-11-27/h7,12-16,21,23-24,26-27,30,33H,5-6,8-11,17-20,22H2,1-4H3,(H,41,50)(H,42,48)(H,43,49)/t24?,26?,30-,33+/m1/s1. The van der Waals surface area contributed by atoms with Crippen molar-refractivity contribution in [1.29, 1.82) is 0 Å². The second-order valence-corrected chi connectivity index (χ2v) is 14.8. The van der Waals surface area contributed by atoms with Gasteiger partial charge in [0.15, 0.2) is 0 Å². The van der Waals surface area contributed by atoms with Crippen LogP contribution in [0.2, 0.25) is 0 Å². The third-order valence-corrected chi connectivity index (χ3v) is 10.4. The summed E-state index contributed by atoms with van der Waals surface area (Å²) in [6, 6.07) is 6.01. The molecule has 1 saturated heterocycles. The Hall–Kier alpha value is -4.59. The number of nitrogens with one attached hydrogen (secondary N) is 3. The van der Waals surface area contributed by atoms with Gasteiger partial charge in [0.2, 0.25) is 11.8 Å². The van der Waals surface area contributed by atoms with Crippen LogP contribution in [-0.4, -0.2) is 98.3 Å². The van der Waals surface area contributed by atoms with Crippen molar-refractivity contribution >= 4 is 29.3 Å². The fourth-order valence-electron chi connectivity index (χ4n) is 7.15. The van der Waals surface area contributed by atoms with Crippen LogP contribution in [0.15, 0.2) is 42.7 Å². The predicted octanol–water partition coefficient (Wildman–Crippen LogP) is 3.81. The van der Waals surface area contributed by atoms with Crippen LogP contribution >= 0.6 is 0 Å². The van der Waals surface area contributed by atoms with Crippen LogP contribution in [0.1, 0.15) is 97.9 Å². The zero-order chi connectivity index (χ0) is 36.2. The highest BCUT2D eigenvalue weighted by Crippen LogP contribution is 2.35. The second kappa shape index (κ2) is 15.7. The number of likely N-dealkylation sites (N-methyl/N-ethyl adjacent to an activating group) is 1. The van der Waals surface area contributed by atoms with Gasteiger partial charge in [0.1, 0.15) is 29.3 Å². The summed E-state index contributed by atoms with van der Waals surface area (Å²) < 4.78 is 19.1. The molecule has 2 atom stereocenters. The van der Waals surface area contributed by atoms with E-state index >= 15 is 4.39 Å². The molecule has 3 N–H and O–H groups in total. The van der Waals surface area contributed by atoms with Crippen molar-refractivity contribution in [3.63, 3.8) is 0 Å². The van der Waals surface area contributed by atoms with Crippen LogP contribution in [0.4, 0.5) is 10.1 Å². The largest absolute Gasteiger partial charge is 0.339 e. The number of hydrogen-bond acceptors (Lipinski definition) is 7. The van der Waals surface area contributed by atoms with E-state index in [0.29, 0.717) is 49.0 Å². The lowest BCUT2D eigenvalue weighted by atomic mass is 9.79. The molecule has 2 aromatic heterocycles. The predicted molar refractivity (Wildman–Crippen MR) is 190 cm³/mol. The molecular formula is C37H50FN9O4. The summed E-state index contributed by atoms with van der Waals surface area (Å²) in [4.78, 5) is 58.4. The molecular weight excluding hydrogens is 653 g/mol. The number of halogens is 1. The molecule has 1 aromatic carbocycles. The summed E-state index contributed by atoms with van der Waals surface area (Å²) in [6.07, 6.45) is 8.49. The topological polar surface area (TPSA) is 146 Å². The molecule has 0 bridgehead atoms. The van der Waals surface area contributed by atoms with Gasteiger partial charge in [-0.25, -0.2) is 4.39 Å². The van der Waals surface area contributed by atoms with Gasteiger partial charge in [0.25, 0.3) is 11.8 Å². The molecule has 0 spiro atoms. The zero-order valence-corrected chi connectivity index (χ0v) is 30.0. The molecule has 274 valence electrons. The fourth-order valence-corrected chi connectivity index (χ4v) is 7.15. The van der Waals surface area contributed by atoms with Gasteiger partial charge in [-0.05, 0) is 88.2 Å². The fraction of sp³-hybridized carbons (Fsp3) is 0.568. The van der Waals surface area contributed by atoms with Crippen LogP contribution in [0.3, 0.4) is 0 Å². The van der Waals surface area contributed by atoms with Crippen LogP contribution in [-0.2, 0) is 16.0 Å². The van der Waals surface area contributed by atoms with E-state index in [1.54, 1.807) is 44.9 Å². The smallest absolute Gasteiger partial charge is 0.270 e. The molecule has 0 unspecified atom stereocenters. The molecule has 1 aliphatic heterocycles. The van der Waals surface area contributed by atoms with Crippen molar-refractivity contribution in [3.8, 4) is 0 Å². The third kappa shape index (κ3) is 8.66. The number of aromatic nitrogens is 4. The first-order chi connectivity index (χ1) is 24.5. The van der Waals surface area contributed by atoms with Crippen molar-refractivity contribution in [2.45, 2.75) is 89.9 Å². The number of amides is 4. The van der Waals surface area contributed by atoms with E-state index < -0.39 is 35.6 Å². The van der Waals surface area contributed by atoms with Gasteiger partial charge in [0.05, 0.1) is 11.7 Å². The lowest BCUT2D eigenvalue weighted by molar-refractivity contribution is -0.134. The molecule has 13 nitrogen and oxygen atoms in total. The summed E-state index contributed by atoms with van der Waals surface area (Å²) in [5.74, 6) is -1.79. The van der Waals surface area contributed by atoms with Crippen molar-refractivity contribution in [2.75, 3.05) is 38.5 Å². The Labute approximate surface area is 298 Å². The first-order valence-electron chi connectivity index (χ1n) is 18.2. The average Bonchev–Trinajstić information content (AvgIpc) is 3.60. The van der Waals surface area contributed by atoms with E-state index in [-0.39, 0.29) is 36.0 Å². The van der Waals surface area contributed by atoms with Gasteiger partial charge in [0, 0.05) is 51.0 Å². The number of hydrogen-bond donors (Lipinski definition) is 3. The van der Waals surface area contributed by atoms with Gasteiger partial charge < -0.3 is 25.8 Å². The SMILES string of the molecule is CC1CCC([C@H](NC(=O)c2ccnn2C(C)C)C(=O)Nc2ccc(C[C@@H](NC(=O)c3ccnn3C3CC3)C(=O)N3CCN(C)CC3)cc2F)CC1. The third-order valence-electron chi connectivity index (χ3n) is 10.4. The maximum Gasteiger partial charge on any atom is 0.270 e. The van der Waals surface area contributed by atoms with Crippen molar-refractivity contribution in [1.82, 2.24) is 40.0 Å². The number of rotatable bonds is 12. The summed E-state index contributed by atoms with van der Waals surface area (Å²) >= 11 is 0. The highest BCUT2D eigenvalue weighted by molar-refractivity contribution is 6.01. The van der Waals surface area contributed by atoms with Gasteiger partial charge in [-0.15, -0.1) is 0 Å². The Morgan fingerprint density at radius 3 is 2.20 bits per heavy atom. The highest BCUT2D eigenvalue weighted by atomic mass is 19.1. The molecule has 2 saturated carbocycles. The molecule has 4 amide bonds. The minimum absolute atomic E-state index is 0.0290. The zero-order valence-electron chi connectivity index (χ0n) is 30.0. The maximum atomic E-state index is 15.8. The lowest BCUT2D eigenvalue weighted by Crippen LogP contribution is -2.55.